The second-order valence-corrected chi connectivity index (χ2v) is 13.7. The zero-order chi connectivity index (χ0) is 33.5. The third kappa shape index (κ3) is 4.35. The Morgan fingerprint density at radius 3 is 2.02 bits per heavy atom. The van der Waals surface area contributed by atoms with E-state index in [1.165, 1.54) is 0 Å². The van der Waals surface area contributed by atoms with E-state index in [0.29, 0.717) is 17.6 Å². The summed E-state index contributed by atoms with van der Waals surface area (Å²) in [6.45, 7) is 0. The molecular weight excluding hydrogens is 647 g/mol. The molecule has 238 valence electrons. The highest BCUT2D eigenvalue weighted by molar-refractivity contribution is 7.22. The fourth-order valence-corrected chi connectivity index (χ4v) is 8.46. The number of hydrogen-bond donors (Lipinski definition) is 0. The van der Waals surface area contributed by atoms with Crippen LogP contribution in [0.15, 0.2) is 156 Å². The van der Waals surface area contributed by atoms with Crippen molar-refractivity contribution in [1.82, 2.24) is 24.5 Å². The number of aromatic nitrogens is 5. The molecule has 0 fully saturated rings. The van der Waals surface area contributed by atoms with E-state index in [0.717, 1.165) is 86.4 Å². The molecule has 51 heavy (non-hydrogen) atoms. The van der Waals surface area contributed by atoms with Crippen LogP contribution in [0.25, 0.3) is 104 Å². The molecule has 0 atom stereocenters. The molecule has 0 aliphatic rings. The fraction of sp³-hybridized carbons (Fsp3) is 0. The molecule has 0 radical (unpaired) electrons. The molecule has 0 unspecified atom stereocenters. The first kappa shape index (κ1) is 28.2. The Hall–Kier alpha value is -6.70. The molecular formula is C44H25N5OS. The topological polar surface area (TPSA) is 69.6 Å². The van der Waals surface area contributed by atoms with Gasteiger partial charge in [-0.25, -0.2) is 9.97 Å². The second kappa shape index (κ2) is 10.9. The molecule has 0 aliphatic heterocycles. The average Bonchev–Trinajstić information content (AvgIpc) is 3.90. The lowest BCUT2D eigenvalue weighted by Crippen LogP contribution is -2.06. The summed E-state index contributed by atoms with van der Waals surface area (Å²) < 4.78 is 9.64. The van der Waals surface area contributed by atoms with Crippen molar-refractivity contribution in [2.45, 2.75) is 0 Å². The number of rotatable bonds is 4. The highest BCUT2D eigenvalue weighted by atomic mass is 32.1. The minimum absolute atomic E-state index is 0.548. The van der Waals surface area contributed by atoms with Gasteiger partial charge in [-0.15, -0.1) is 11.3 Å². The van der Waals surface area contributed by atoms with Crippen LogP contribution in [0.5, 0.6) is 0 Å². The van der Waals surface area contributed by atoms with Gasteiger partial charge in [-0.1, -0.05) is 121 Å². The molecule has 11 rings (SSSR count). The van der Waals surface area contributed by atoms with E-state index in [1.54, 1.807) is 11.3 Å². The van der Waals surface area contributed by atoms with Gasteiger partial charge in [0.2, 0.25) is 5.95 Å². The van der Waals surface area contributed by atoms with Crippen LogP contribution in [0.3, 0.4) is 0 Å². The smallest absolute Gasteiger partial charge is 0.238 e. The summed E-state index contributed by atoms with van der Waals surface area (Å²) in [5.74, 6) is 1.72. The summed E-state index contributed by atoms with van der Waals surface area (Å²) >= 11 is 1.72. The van der Waals surface area contributed by atoms with Gasteiger partial charge in [-0.05, 0) is 35.7 Å². The first-order valence-electron chi connectivity index (χ1n) is 16.8. The van der Waals surface area contributed by atoms with Crippen molar-refractivity contribution in [2.75, 3.05) is 0 Å². The first-order chi connectivity index (χ1) is 25.3. The van der Waals surface area contributed by atoms with Crippen molar-refractivity contribution >= 4 is 76.1 Å². The molecule has 7 heteroatoms. The lowest BCUT2D eigenvalue weighted by atomic mass is 10.1. The lowest BCUT2D eigenvalue weighted by Gasteiger charge is -2.12. The third-order valence-electron chi connectivity index (χ3n) is 9.68. The molecule has 0 amide bonds. The fourth-order valence-electron chi connectivity index (χ4n) is 7.33. The van der Waals surface area contributed by atoms with Crippen molar-refractivity contribution in [3.05, 3.63) is 152 Å². The van der Waals surface area contributed by atoms with Gasteiger partial charge >= 0.3 is 0 Å². The van der Waals surface area contributed by atoms with Crippen LogP contribution in [-0.2, 0) is 0 Å². The van der Waals surface area contributed by atoms with Crippen molar-refractivity contribution in [3.63, 3.8) is 0 Å². The van der Waals surface area contributed by atoms with Crippen LogP contribution in [-0.4, -0.2) is 24.5 Å². The summed E-state index contributed by atoms with van der Waals surface area (Å²) in [6, 6.07) is 52.1. The number of furan rings is 1. The Kier molecular flexibility index (Phi) is 6.02. The molecule has 6 nitrogen and oxygen atoms in total. The number of thiazole rings is 1. The van der Waals surface area contributed by atoms with E-state index >= 15 is 0 Å². The summed E-state index contributed by atoms with van der Waals surface area (Å²) in [6.07, 6.45) is 0. The number of benzene rings is 7. The maximum Gasteiger partial charge on any atom is 0.238 e. The summed E-state index contributed by atoms with van der Waals surface area (Å²) in [7, 11) is 0. The first-order valence-corrected chi connectivity index (χ1v) is 17.6. The van der Waals surface area contributed by atoms with Gasteiger partial charge in [-0.3, -0.25) is 4.57 Å². The average molecular weight is 672 g/mol. The number of nitrogens with zero attached hydrogens (tertiary/aromatic N) is 5. The predicted octanol–water partition coefficient (Wildman–Crippen LogP) is 11.6. The zero-order valence-electron chi connectivity index (χ0n) is 27.0. The Bertz CT molecular complexity index is 3140. The van der Waals surface area contributed by atoms with Crippen LogP contribution in [0.4, 0.5) is 0 Å². The molecule has 4 heterocycles. The van der Waals surface area contributed by atoms with Crippen LogP contribution >= 0.6 is 11.3 Å². The van der Waals surface area contributed by atoms with E-state index in [9.17, 15) is 0 Å². The summed E-state index contributed by atoms with van der Waals surface area (Å²) in [4.78, 5) is 20.6. The zero-order valence-corrected chi connectivity index (χ0v) is 27.8. The summed E-state index contributed by atoms with van der Waals surface area (Å²) in [5, 5.41) is 7.68. The Morgan fingerprint density at radius 2 is 1.18 bits per heavy atom. The quantitative estimate of drug-likeness (QED) is 0.186. The van der Waals surface area contributed by atoms with Crippen LogP contribution in [0.2, 0.25) is 0 Å². The molecule has 11 aromatic rings. The van der Waals surface area contributed by atoms with Crippen LogP contribution in [0.1, 0.15) is 0 Å². The maximum atomic E-state index is 6.29. The number of para-hydroxylation sites is 1. The van der Waals surface area contributed by atoms with E-state index in [1.807, 2.05) is 60.7 Å². The van der Waals surface area contributed by atoms with Gasteiger partial charge < -0.3 is 4.42 Å². The monoisotopic (exact) mass is 671 g/mol. The van der Waals surface area contributed by atoms with Gasteiger partial charge in [-0.2, -0.15) is 9.97 Å². The molecule has 0 bridgehead atoms. The van der Waals surface area contributed by atoms with Crippen molar-refractivity contribution in [1.29, 1.82) is 0 Å². The molecule has 0 spiro atoms. The maximum absolute atomic E-state index is 6.29. The Balaban J connectivity index is 1.23. The van der Waals surface area contributed by atoms with Gasteiger partial charge in [0, 0.05) is 43.6 Å². The predicted molar refractivity (Wildman–Crippen MR) is 208 cm³/mol. The highest BCUT2D eigenvalue weighted by Gasteiger charge is 2.23. The Labute approximate surface area is 294 Å². The standard InChI is InChI=1S/C44H25N5OS/c1-3-12-27(13-4-1)41-46-42(29-20-21-32-31-17-9-10-18-36(31)50-37(32)25-29)48-44(47-41)49-35-24-23-34-40(51-43(45-34)28-14-5-2-6-15-28)38(35)33-22-19-26-11-7-8-16-30(26)39(33)49/h1-25H. The SMILES string of the molecule is c1ccc(-c2nc(-c3ccc4c(c3)oc3ccccc34)nc(-n3c4ccc5nc(-c6ccccc6)sc5c4c4ccc5ccccc5c43)n2)cc1. The van der Waals surface area contributed by atoms with Gasteiger partial charge in [0.05, 0.1) is 21.3 Å². The molecule has 0 saturated carbocycles. The second-order valence-electron chi connectivity index (χ2n) is 12.7. The van der Waals surface area contributed by atoms with Gasteiger partial charge in [0.1, 0.15) is 16.2 Å². The van der Waals surface area contributed by atoms with E-state index < -0.39 is 0 Å². The Morgan fingerprint density at radius 1 is 0.490 bits per heavy atom. The minimum atomic E-state index is 0.548. The minimum Gasteiger partial charge on any atom is -0.456 e. The molecule has 0 N–H and O–H groups in total. The molecule has 7 aromatic carbocycles. The third-order valence-corrected chi connectivity index (χ3v) is 10.8. The van der Waals surface area contributed by atoms with Crippen molar-refractivity contribution in [3.8, 4) is 39.3 Å². The van der Waals surface area contributed by atoms with Crippen molar-refractivity contribution in [2.24, 2.45) is 0 Å². The molecule has 0 aliphatic carbocycles. The normalized spacial score (nSPS) is 11.9. The van der Waals surface area contributed by atoms with Gasteiger partial charge in [0.15, 0.2) is 11.6 Å². The largest absolute Gasteiger partial charge is 0.456 e. The van der Waals surface area contributed by atoms with Crippen molar-refractivity contribution < 1.29 is 4.42 Å². The van der Waals surface area contributed by atoms with E-state index in [2.05, 4.69) is 95.6 Å². The summed E-state index contributed by atoms with van der Waals surface area (Å²) in [5.41, 5.74) is 7.56. The van der Waals surface area contributed by atoms with Crippen LogP contribution in [0, 0.1) is 0 Å². The number of fused-ring (bicyclic) bond motifs is 10. The number of hydrogen-bond acceptors (Lipinski definition) is 6. The lowest BCUT2D eigenvalue weighted by molar-refractivity contribution is 0.669. The highest BCUT2D eigenvalue weighted by Crippen LogP contribution is 2.43. The van der Waals surface area contributed by atoms with E-state index in [4.69, 9.17) is 24.4 Å². The van der Waals surface area contributed by atoms with Crippen LogP contribution < -0.4 is 0 Å². The molecule has 4 aromatic heterocycles. The molecule has 0 saturated heterocycles. The van der Waals surface area contributed by atoms with Gasteiger partial charge in [0.25, 0.3) is 0 Å². The van der Waals surface area contributed by atoms with E-state index in [-0.39, 0.29) is 0 Å².